The summed E-state index contributed by atoms with van der Waals surface area (Å²) in [4.78, 5) is 0. The minimum atomic E-state index is -1.05. The maximum absolute atomic E-state index is 14.3. The lowest BCUT2D eigenvalue weighted by molar-refractivity contribution is 0.180. The van der Waals surface area contributed by atoms with Crippen LogP contribution in [0.3, 0.4) is 0 Å². The van der Waals surface area contributed by atoms with Gasteiger partial charge in [0.15, 0.2) is 11.6 Å². The van der Waals surface area contributed by atoms with Gasteiger partial charge in [0.25, 0.3) is 0 Å². The normalized spacial score (nSPS) is 16.7. The van der Waals surface area contributed by atoms with E-state index in [-0.39, 0.29) is 29.5 Å². The molecule has 1 aromatic carbocycles. The van der Waals surface area contributed by atoms with Gasteiger partial charge < -0.3 is 15.2 Å². The first-order valence-electron chi connectivity index (χ1n) is 6.66. The Bertz CT molecular complexity index is 838. The average molecular weight is 318 g/mol. The first-order valence-corrected chi connectivity index (χ1v) is 6.66. The number of nitrogens with zero attached hydrogens (tertiary/aromatic N) is 2. The van der Waals surface area contributed by atoms with Crippen LogP contribution in [0.25, 0.3) is 0 Å². The van der Waals surface area contributed by atoms with Crippen LogP contribution < -0.4 is 10.5 Å². The predicted molar refractivity (Wildman–Crippen MR) is 75.0 cm³/mol. The SMILES string of the molecule is COCc1[nH]nc2c1[C@H](c1cccc(F)c1F)C(C#N)=C(N)O2. The van der Waals surface area contributed by atoms with Crippen molar-refractivity contribution >= 4 is 0 Å². The number of rotatable bonds is 3. The molecule has 0 aliphatic carbocycles. The van der Waals surface area contributed by atoms with Gasteiger partial charge in [-0.05, 0) is 6.07 Å². The van der Waals surface area contributed by atoms with E-state index in [2.05, 4.69) is 10.2 Å². The van der Waals surface area contributed by atoms with Gasteiger partial charge in [0.1, 0.15) is 11.6 Å². The highest BCUT2D eigenvalue weighted by Crippen LogP contribution is 2.43. The van der Waals surface area contributed by atoms with Crippen molar-refractivity contribution in [2.24, 2.45) is 5.73 Å². The monoisotopic (exact) mass is 318 g/mol. The van der Waals surface area contributed by atoms with Crippen LogP contribution in [0.4, 0.5) is 8.78 Å². The molecule has 0 unspecified atom stereocenters. The van der Waals surface area contributed by atoms with Gasteiger partial charge in [-0.1, -0.05) is 12.1 Å². The average Bonchev–Trinajstić information content (AvgIpc) is 2.92. The van der Waals surface area contributed by atoms with Crippen molar-refractivity contribution in [2.45, 2.75) is 12.5 Å². The predicted octanol–water partition coefficient (Wildman–Crippen LogP) is 2.05. The van der Waals surface area contributed by atoms with Gasteiger partial charge >= 0.3 is 0 Å². The minimum Gasteiger partial charge on any atom is -0.420 e. The molecule has 0 saturated heterocycles. The Kier molecular flexibility index (Phi) is 3.72. The Labute approximate surface area is 130 Å². The molecule has 2 heterocycles. The number of methoxy groups -OCH3 is 1. The number of nitriles is 1. The number of halogens is 2. The third-order valence-corrected chi connectivity index (χ3v) is 3.60. The molecular formula is C15H12F2N4O2. The molecule has 3 rings (SSSR count). The fourth-order valence-corrected chi connectivity index (χ4v) is 2.62. The zero-order chi connectivity index (χ0) is 16.6. The van der Waals surface area contributed by atoms with Crippen molar-refractivity contribution in [3.63, 3.8) is 0 Å². The molecule has 1 atom stereocenters. The van der Waals surface area contributed by atoms with E-state index < -0.39 is 17.6 Å². The molecular weight excluding hydrogens is 306 g/mol. The summed E-state index contributed by atoms with van der Waals surface area (Å²) in [6.07, 6.45) is 0. The van der Waals surface area contributed by atoms with Crippen LogP contribution in [0.15, 0.2) is 29.7 Å². The number of fused-ring (bicyclic) bond motifs is 1. The maximum atomic E-state index is 14.3. The number of hydrogen-bond donors (Lipinski definition) is 2. The molecule has 0 spiro atoms. The van der Waals surface area contributed by atoms with E-state index in [4.69, 9.17) is 15.2 Å². The van der Waals surface area contributed by atoms with E-state index in [0.29, 0.717) is 11.3 Å². The summed E-state index contributed by atoms with van der Waals surface area (Å²) < 4.78 is 38.3. The molecule has 3 N–H and O–H groups in total. The number of aromatic amines is 1. The van der Waals surface area contributed by atoms with Gasteiger partial charge in [-0.3, -0.25) is 5.10 Å². The third-order valence-electron chi connectivity index (χ3n) is 3.60. The van der Waals surface area contributed by atoms with Crippen molar-refractivity contribution in [1.82, 2.24) is 10.2 Å². The van der Waals surface area contributed by atoms with Gasteiger partial charge in [0, 0.05) is 12.7 Å². The van der Waals surface area contributed by atoms with Crippen LogP contribution in [0.5, 0.6) is 5.88 Å². The highest BCUT2D eigenvalue weighted by molar-refractivity contribution is 5.55. The molecule has 0 amide bonds. The summed E-state index contributed by atoms with van der Waals surface area (Å²) in [5.41, 5.74) is 6.60. The molecule has 1 aromatic heterocycles. The molecule has 0 fully saturated rings. The molecule has 1 aliphatic heterocycles. The Balaban J connectivity index is 2.26. The number of ether oxygens (including phenoxy) is 2. The lowest BCUT2D eigenvalue weighted by Gasteiger charge is -2.24. The molecule has 23 heavy (non-hydrogen) atoms. The van der Waals surface area contributed by atoms with Crippen LogP contribution >= 0.6 is 0 Å². The number of benzene rings is 1. The molecule has 0 bridgehead atoms. The van der Waals surface area contributed by atoms with Crippen molar-refractivity contribution in [2.75, 3.05) is 7.11 Å². The van der Waals surface area contributed by atoms with Crippen molar-refractivity contribution in [3.8, 4) is 11.9 Å². The summed E-state index contributed by atoms with van der Waals surface area (Å²) in [5, 5.41) is 16.1. The highest BCUT2D eigenvalue weighted by atomic mass is 19.2. The van der Waals surface area contributed by atoms with Crippen LogP contribution in [-0.2, 0) is 11.3 Å². The summed E-state index contributed by atoms with van der Waals surface area (Å²) in [6, 6.07) is 5.67. The fraction of sp³-hybridized carbons (Fsp3) is 0.200. The number of nitrogens with one attached hydrogen (secondary N) is 1. The second kappa shape index (κ2) is 5.70. The second-order valence-corrected chi connectivity index (χ2v) is 4.92. The Hall–Kier alpha value is -2.92. The number of H-pyrrole nitrogens is 1. The molecule has 8 heteroatoms. The second-order valence-electron chi connectivity index (χ2n) is 4.92. The van der Waals surface area contributed by atoms with Gasteiger partial charge in [-0.2, -0.15) is 5.26 Å². The molecule has 0 saturated carbocycles. The van der Waals surface area contributed by atoms with Crippen molar-refractivity contribution in [3.05, 3.63) is 58.1 Å². The zero-order valence-corrected chi connectivity index (χ0v) is 12.1. The fourth-order valence-electron chi connectivity index (χ4n) is 2.62. The molecule has 0 radical (unpaired) electrons. The quantitative estimate of drug-likeness (QED) is 0.903. The number of allylic oxidation sites excluding steroid dienone is 1. The van der Waals surface area contributed by atoms with E-state index >= 15 is 0 Å². The van der Waals surface area contributed by atoms with Crippen molar-refractivity contribution < 1.29 is 18.3 Å². The van der Waals surface area contributed by atoms with Crippen LogP contribution in [-0.4, -0.2) is 17.3 Å². The third kappa shape index (κ3) is 2.31. The Morgan fingerprint density at radius 1 is 1.48 bits per heavy atom. The molecule has 1 aliphatic rings. The van der Waals surface area contributed by atoms with Crippen LogP contribution in [0.2, 0.25) is 0 Å². The highest BCUT2D eigenvalue weighted by Gasteiger charge is 2.37. The summed E-state index contributed by atoms with van der Waals surface area (Å²) in [7, 11) is 1.48. The summed E-state index contributed by atoms with van der Waals surface area (Å²) in [5.74, 6) is -3.06. The maximum Gasteiger partial charge on any atom is 0.244 e. The topological polar surface area (TPSA) is 97.0 Å². The Morgan fingerprint density at radius 3 is 2.96 bits per heavy atom. The zero-order valence-electron chi connectivity index (χ0n) is 12.1. The summed E-state index contributed by atoms with van der Waals surface area (Å²) >= 11 is 0. The number of aromatic nitrogens is 2. The largest absolute Gasteiger partial charge is 0.420 e. The minimum absolute atomic E-state index is 0.0132. The number of nitrogens with two attached hydrogens (primary N) is 1. The lowest BCUT2D eigenvalue weighted by atomic mass is 9.83. The van der Waals surface area contributed by atoms with E-state index in [1.54, 1.807) is 0 Å². The van der Waals surface area contributed by atoms with Gasteiger partial charge in [0.2, 0.25) is 11.8 Å². The molecule has 118 valence electrons. The van der Waals surface area contributed by atoms with E-state index in [0.717, 1.165) is 6.07 Å². The Morgan fingerprint density at radius 2 is 2.26 bits per heavy atom. The van der Waals surface area contributed by atoms with Gasteiger partial charge in [-0.25, -0.2) is 8.78 Å². The summed E-state index contributed by atoms with van der Waals surface area (Å²) in [6.45, 7) is 0.137. The molecule has 6 nitrogen and oxygen atoms in total. The van der Waals surface area contributed by atoms with Crippen LogP contribution in [0, 0.1) is 23.0 Å². The van der Waals surface area contributed by atoms with Gasteiger partial charge in [0.05, 0.1) is 23.8 Å². The van der Waals surface area contributed by atoms with E-state index in [9.17, 15) is 14.0 Å². The van der Waals surface area contributed by atoms with Crippen LogP contribution in [0.1, 0.15) is 22.7 Å². The smallest absolute Gasteiger partial charge is 0.244 e. The lowest BCUT2D eigenvalue weighted by Crippen LogP contribution is -2.22. The first-order chi connectivity index (χ1) is 11.1. The van der Waals surface area contributed by atoms with E-state index in [1.165, 1.54) is 19.2 Å². The molecule has 2 aromatic rings. The van der Waals surface area contributed by atoms with E-state index in [1.807, 2.05) is 6.07 Å². The first kappa shape index (κ1) is 15.0. The van der Waals surface area contributed by atoms with Crippen molar-refractivity contribution in [1.29, 1.82) is 5.26 Å². The van der Waals surface area contributed by atoms with Gasteiger partial charge in [-0.15, -0.1) is 5.10 Å². The standard InChI is InChI=1S/C15H12F2N4O2/c1-22-6-10-12-11(7-3-2-4-9(16)13(7)17)8(5-18)14(19)23-15(12)21-20-10/h2-4,11H,6,19H2,1H3,(H,20,21)/t11-/m1/s1. The number of hydrogen-bond acceptors (Lipinski definition) is 5.